The monoisotopic (exact) mass is 505 g/mol. The van der Waals surface area contributed by atoms with Gasteiger partial charge in [0.1, 0.15) is 16.1 Å². The molecule has 0 radical (unpaired) electrons. The molecule has 3 rings (SSSR count). The highest BCUT2D eigenvalue weighted by molar-refractivity contribution is 14.1. The molecule has 0 bridgehead atoms. The number of thiazole rings is 1. The molecular weight excluding hydrogens is 498 g/mol. The number of alkyl halides is 3. The Kier molecular flexibility index (Phi) is 6.11. The molecule has 0 spiro atoms. The molecule has 3 aromatic heterocycles. The second-order valence-electron chi connectivity index (χ2n) is 4.53. The minimum absolute atomic E-state index is 0.221. The Morgan fingerprint density at radius 3 is 2.68 bits per heavy atom. The average Bonchev–Trinajstić information content (AvgIpc) is 3.04. The largest absolute Gasteiger partial charge is 0.542 e. The van der Waals surface area contributed by atoms with E-state index in [0.717, 1.165) is 14.1 Å². The quantitative estimate of drug-likeness (QED) is 0.427. The van der Waals surface area contributed by atoms with Crippen molar-refractivity contribution in [2.24, 2.45) is 0 Å². The predicted octanol–water partition coefficient (Wildman–Crippen LogP) is 1.99. The summed E-state index contributed by atoms with van der Waals surface area (Å²) in [5, 5.41) is 18.7. The topological polar surface area (TPSA) is 81.5 Å². The normalized spacial score (nSPS) is 11.2. The zero-order chi connectivity index (χ0) is 18.8. The maximum atomic E-state index is 10.5. The fraction of sp³-hybridized carbons (Fsp3) is 0.154. The van der Waals surface area contributed by atoms with Crippen LogP contribution in [0.15, 0.2) is 30.7 Å². The molecule has 0 saturated heterocycles. The van der Waals surface area contributed by atoms with Crippen molar-refractivity contribution >= 4 is 57.1 Å². The van der Waals surface area contributed by atoms with Crippen LogP contribution in [0.5, 0.6) is 5.88 Å². The summed E-state index contributed by atoms with van der Waals surface area (Å²) in [7, 11) is 0. The lowest BCUT2D eigenvalue weighted by molar-refractivity contribution is -0.662. The first-order chi connectivity index (χ1) is 11.6. The first-order valence-corrected chi connectivity index (χ1v) is 8.63. The van der Waals surface area contributed by atoms with Crippen LogP contribution in [0.4, 0.5) is 13.2 Å². The Hall–Kier alpha value is -1.60. The molecule has 134 valence electrons. The number of imidazole rings is 1. The highest BCUT2D eigenvalue weighted by Gasteiger charge is 2.28. The zero-order valence-corrected chi connectivity index (χ0v) is 15.7. The average molecular weight is 506 g/mol. The maximum absolute atomic E-state index is 10.5. The molecule has 3 aromatic rings. The highest BCUT2D eigenvalue weighted by atomic mass is 127. The molecule has 1 N–H and O–H groups in total. The summed E-state index contributed by atoms with van der Waals surface area (Å²) in [5.41, 5.74) is 0.958. The van der Waals surface area contributed by atoms with Crippen LogP contribution in [-0.4, -0.2) is 26.6 Å². The van der Waals surface area contributed by atoms with Crippen LogP contribution in [0.1, 0.15) is 4.88 Å². The molecule has 0 aliphatic carbocycles. The molecule has 0 saturated carbocycles. The number of hydrogen-bond acceptors (Lipinski definition) is 5. The molecule has 12 heteroatoms. The van der Waals surface area contributed by atoms with Crippen LogP contribution >= 0.6 is 45.5 Å². The van der Waals surface area contributed by atoms with Crippen LogP contribution < -0.4 is 9.67 Å². The van der Waals surface area contributed by atoms with Gasteiger partial charge in [-0.3, -0.25) is 0 Å². The molecule has 6 nitrogen and oxygen atoms in total. The van der Waals surface area contributed by atoms with E-state index in [2.05, 4.69) is 27.6 Å². The minimum atomic E-state index is -5.19. The van der Waals surface area contributed by atoms with E-state index in [1.54, 1.807) is 16.8 Å². The van der Waals surface area contributed by atoms with Crippen LogP contribution in [-0.2, 0) is 11.3 Å². The first-order valence-electron chi connectivity index (χ1n) is 6.36. The Balaban J connectivity index is 0.000000277. The number of aromatic nitrogens is 3. The maximum Gasteiger partial charge on any atom is 0.430 e. The van der Waals surface area contributed by atoms with Crippen molar-refractivity contribution < 1.29 is 32.7 Å². The number of carbonyl (C=O) groups excluding carboxylic acids is 1. The van der Waals surface area contributed by atoms with Gasteiger partial charge < -0.3 is 15.0 Å². The molecule has 3 heterocycles. The fourth-order valence-electron chi connectivity index (χ4n) is 1.84. The van der Waals surface area contributed by atoms with Gasteiger partial charge in [0.25, 0.3) is 0 Å². The van der Waals surface area contributed by atoms with Gasteiger partial charge in [-0.1, -0.05) is 11.6 Å². The van der Waals surface area contributed by atoms with E-state index in [-0.39, 0.29) is 5.88 Å². The van der Waals surface area contributed by atoms with Crippen molar-refractivity contribution in [2.75, 3.05) is 0 Å². The van der Waals surface area contributed by atoms with Crippen LogP contribution in [0, 0.1) is 3.57 Å². The molecule has 0 unspecified atom stereocenters. The van der Waals surface area contributed by atoms with Gasteiger partial charge in [0.2, 0.25) is 0 Å². The van der Waals surface area contributed by atoms with Crippen molar-refractivity contribution in [3.63, 3.8) is 0 Å². The van der Waals surface area contributed by atoms with Crippen LogP contribution in [0.25, 0.3) is 5.65 Å². The molecule has 0 aromatic carbocycles. The third-order valence-electron chi connectivity index (χ3n) is 2.79. The van der Waals surface area contributed by atoms with Gasteiger partial charge in [0, 0.05) is 6.20 Å². The summed E-state index contributed by atoms with van der Waals surface area (Å²) in [5.74, 6) is -2.79. The third kappa shape index (κ3) is 4.95. The SMILES string of the molecule is O=C([O-])C(F)(F)F.Oc1c[n+](Cc2cnc(Cl)s2)c2c(I)cccn12. The summed E-state index contributed by atoms with van der Waals surface area (Å²) in [4.78, 5) is 13.9. The number of carbonyl (C=O) groups is 1. The van der Waals surface area contributed by atoms with Gasteiger partial charge in [-0.05, 0) is 34.7 Å². The molecule has 0 fully saturated rings. The number of aromatic hydroxyl groups is 1. The van der Waals surface area contributed by atoms with Crippen molar-refractivity contribution in [3.8, 4) is 5.88 Å². The Labute approximate surface area is 161 Å². The van der Waals surface area contributed by atoms with Gasteiger partial charge in [-0.25, -0.2) is 9.55 Å². The minimum Gasteiger partial charge on any atom is -0.542 e. The Morgan fingerprint density at radius 1 is 1.52 bits per heavy atom. The van der Waals surface area contributed by atoms with E-state index < -0.39 is 12.1 Å². The van der Waals surface area contributed by atoms with E-state index in [4.69, 9.17) is 21.5 Å². The number of rotatable bonds is 2. The summed E-state index contributed by atoms with van der Waals surface area (Å²) in [6, 6.07) is 3.91. The number of halogens is 5. The van der Waals surface area contributed by atoms with Crippen LogP contribution in [0.2, 0.25) is 4.47 Å². The van der Waals surface area contributed by atoms with Gasteiger partial charge in [-0.15, -0.1) is 11.3 Å². The van der Waals surface area contributed by atoms with Gasteiger partial charge in [0.05, 0.1) is 11.1 Å². The van der Waals surface area contributed by atoms with Crippen LogP contribution in [0.3, 0.4) is 0 Å². The molecule has 25 heavy (non-hydrogen) atoms. The number of carboxylic acid groups (broad SMARTS) is 1. The summed E-state index contributed by atoms with van der Waals surface area (Å²) in [6.45, 7) is 0.647. The van der Waals surface area contributed by atoms with Gasteiger partial charge in [-0.2, -0.15) is 17.6 Å². The van der Waals surface area contributed by atoms with E-state index >= 15 is 0 Å². The first kappa shape index (κ1) is 19.7. The number of nitrogens with zero attached hydrogens (tertiary/aromatic N) is 3. The van der Waals surface area contributed by atoms with Crippen molar-refractivity contribution in [2.45, 2.75) is 12.7 Å². The summed E-state index contributed by atoms with van der Waals surface area (Å²) < 4.78 is 36.9. The lowest BCUT2D eigenvalue weighted by Crippen LogP contribution is -2.37. The van der Waals surface area contributed by atoms with Gasteiger partial charge >= 0.3 is 17.7 Å². The number of fused-ring (bicyclic) bond motifs is 1. The molecule has 0 amide bonds. The number of pyridine rings is 1. The second-order valence-corrected chi connectivity index (χ2v) is 7.39. The van der Waals surface area contributed by atoms with E-state index in [1.807, 2.05) is 22.9 Å². The molecular formula is C13H8ClF3IN3O3S. The smallest absolute Gasteiger partial charge is 0.430 e. The predicted molar refractivity (Wildman–Crippen MR) is 89.3 cm³/mol. The van der Waals surface area contributed by atoms with Crippen molar-refractivity contribution in [1.82, 2.24) is 9.38 Å². The van der Waals surface area contributed by atoms with E-state index in [1.165, 1.54) is 11.3 Å². The number of hydrogen-bond donors (Lipinski definition) is 1. The standard InChI is InChI=1S/C11H7ClIN3OS.C2HF3O2/c12-11-14-4-7(18-11)5-15-6-9(17)16-3-1-2-8(13)10(15)16;3-2(4,5)1(6)7/h1-4,6H,5H2;(H,6,7). The highest BCUT2D eigenvalue weighted by Crippen LogP contribution is 2.20. The lowest BCUT2D eigenvalue weighted by Gasteiger charge is -2.03. The van der Waals surface area contributed by atoms with E-state index in [9.17, 15) is 18.3 Å². The zero-order valence-electron chi connectivity index (χ0n) is 12.0. The molecule has 0 aliphatic rings. The van der Waals surface area contributed by atoms with Crippen molar-refractivity contribution in [1.29, 1.82) is 0 Å². The Bertz CT molecular complexity index is 913. The second kappa shape index (κ2) is 7.74. The fourth-order valence-corrected chi connectivity index (χ4v) is 3.60. The number of carboxylic acids is 1. The van der Waals surface area contributed by atoms with E-state index in [0.29, 0.717) is 11.0 Å². The molecule has 0 atom stereocenters. The lowest BCUT2D eigenvalue weighted by atomic mass is 10.4. The summed E-state index contributed by atoms with van der Waals surface area (Å²) in [6.07, 6.45) is 0.116. The third-order valence-corrected chi connectivity index (χ3v) is 4.73. The number of aliphatic carboxylic acids is 1. The Morgan fingerprint density at radius 2 is 2.16 bits per heavy atom. The van der Waals surface area contributed by atoms with Crippen molar-refractivity contribution in [3.05, 3.63) is 43.6 Å². The van der Waals surface area contributed by atoms with Gasteiger partial charge in [0.15, 0.2) is 10.7 Å². The molecule has 0 aliphatic heterocycles. The summed E-state index contributed by atoms with van der Waals surface area (Å²) >= 11 is 9.52.